The Balaban J connectivity index is 2.13. The highest BCUT2D eigenvalue weighted by atomic mass is 35.5. The Morgan fingerprint density at radius 2 is 2.10 bits per heavy atom. The zero-order valence-electron chi connectivity index (χ0n) is 12.0. The molecular formula is C15H17Cl3N2S. The van der Waals surface area contributed by atoms with Gasteiger partial charge in [-0.15, -0.1) is 11.6 Å². The van der Waals surface area contributed by atoms with Crippen LogP contribution < -0.4 is 0 Å². The van der Waals surface area contributed by atoms with E-state index in [1.807, 2.05) is 30.8 Å². The van der Waals surface area contributed by atoms with E-state index in [-0.39, 0.29) is 10.1 Å². The Morgan fingerprint density at radius 1 is 1.38 bits per heavy atom. The van der Waals surface area contributed by atoms with E-state index in [4.69, 9.17) is 34.8 Å². The van der Waals surface area contributed by atoms with Gasteiger partial charge in [-0.05, 0) is 44.6 Å². The molecule has 0 spiro atoms. The van der Waals surface area contributed by atoms with Crippen molar-refractivity contribution in [2.45, 2.75) is 43.4 Å². The molecule has 0 saturated carbocycles. The van der Waals surface area contributed by atoms with Crippen LogP contribution in [0.25, 0.3) is 11.0 Å². The highest BCUT2D eigenvalue weighted by molar-refractivity contribution is 8.00. The van der Waals surface area contributed by atoms with Crippen LogP contribution in [0.15, 0.2) is 12.1 Å². The standard InChI is InChI=1S/C15H17Cl3N2S/c1-9(16)14-19-12-6-10(17)11(18)7-13(12)20(14)8-15(2)4-3-5-21-15/h6-7,9H,3-5,8H2,1-2H3. The van der Waals surface area contributed by atoms with Gasteiger partial charge in [0.05, 0.1) is 26.5 Å². The van der Waals surface area contributed by atoms with Gasteiger partial charge < -0.3 is 4.57 Å². The number of aromatic nitrogens is 2. The number of halogens is 3. The molecule has 1 fully saturated rings. The van der Waals surface area contributed by atoms with Crippen LogP contribution in [0.5, 0.6) is 0 Å². The topological polar surface area (TPSA) is 17.8 Å². The summed E-state index contributed by atoms with van der Waals surface area (Å²) >= 11 is 20.7. The Hall–Kier alpha value is -0.0900. The third-order valence-electron chi connectivity index (χ3n) is 3.97. The number of hydrogen-bond acceptors (Lipinski definition) is 2. The van der Waals surface area contributed by atoms with E-state index in [1.54, 1.807) is 0 Å². The molecule has 1 aromatic heterocycles. The van der Waals surface area contributed by atoms with Crippen molar-refractivity contribution in [1.29, 1.82) is 0 Å². The summed E-state index contributed by atoms with van der Waals surface area (Å²) in [6.07, 6.45) is 2.49. The van der Waals surface area contributed by atoms with Gasteiger partial charge in [0.1, 0.15) is 5.82 Å². The molecule has 0 amide bonds. The number of benzene rings is 1. The minimum absolute atomic E-state index is 0.148. The van der Waals surface area contributed by atoms with Crippen molar-refractivity contribution in [2.75, 3.05) is 5.75 Å². The molecule has 1 aromatic carbocycles. The van der Waals surface area contributed by atoms with Gasteiger partial charge in [0, 0.05) is 11.3 Å². The van der Waals surface area contributed by atoms with Crippen molar-refractivity contribution >= 4 is 57.6 Å². The molecule has 0 bridgehead atoms. The summed E-state index contributed by atoms with van der Waals surface area (Å²) < 4.78 is 2.45. The molecule has 2 aromatic rings. The Labute approximate surface area is 144 Å². The maximum Gasteiger partial charge on any atom is 0.127 e. The average molecular weight is 364 g/mol. The van der Waals surface area contributed by atoms with Crippen LogP contribution in [-0.2, 0) is 6.54 Å². The molecule has 0 aliphatic carbocycles. The molecule has 1 saturated heterocycles. The summed E-state index contributed by atoms with van der Waals surface area (Å²) in [7, 11) is 0. The fourth-order valence-electron chi connectivity index (χ4n) is 2.90. The number of thioether (sulfide) groups is 1. The lowest BCUT2D eigenvalue weighted by atomic mass is 10.1. The van der Waals surface area contributed by atoms with Crippen molar-refractivity contribution in [2.24, 2.45) is 0 Å². The van der Waals surface area contributed by atoms with E-state index in [0.717, 1.165) is 23.4 Å². The second kappa shape index (κ2) is 5.84. The Kier molecular flexibility index (Phi) is 4.39. The number of imidazole rings is 1. The lowest BCUT2D eigenvalue weighted by molar-refractivity contribution is 0.506. The highest BCUT2D eigenvalue weighted by Gasteiger charge is 2.32. The van der Waals surface area contributed by atoms with E-state index >= 15 is 0 Å². The summed E-state index contributed by atoms with van der Waals surface area (Å²) in [5.74, 6) is 2.11. The van der Waals surface area contributed by atoms with Crippen molar-refractivity contribution in [1.82, 2.24) is 9.55 Å². The number of alkyl halides is 1. The van der Waals surface area contributed by atoms with Gasteiger partial charge in [0.25, 0.3) is 0 Å². The molecule has 3 rings (SSSR count). The second-order valence-electron chi connectivity index (χ2n) is 5.83. The smallest absolute Gasteiger partial charge is 0.127 e. The molecule has 0 N–H and O–H groups in total. The largest absolute Gasteiger partial charge is 0.325 e. The van der Waals surface area contributed by atoms with Crippen LogP contribution >= 0.6 is 46.6 Å². The predicted molar refractivity (Wildman–Crippen MR) is 94.1 cm³/mol. The van der Waals surface area contributed by atoms with Crippen molar-refractivity contribution < 1.29 is 0 Å². The normalized spacial score (nSPS) is 23.9. The fourth-order valence-corrected chi connectivity index (χ4v) is 4.68. The zero-order chi connectivity index (χ0) is 15.2. The minimum Gasteiger partial charge on any atom is -0.325 e. The summed E-state index contributed by atoms with van der Waals surface area (Å²) in [5, 5.41) is 0.942. The van der Waals surface area contributed by atoms with Crippen LogP contribution in [0, 0.1) is 0 Å². The van der Waals surface area contributed by atoms with Crippen LogP contribution in [-0.4, -0.2) is 20.1 Å². The zero-order valence-corrected chi connectivity index (χ0v) is 15.1. The Bertz CT molecular complexity index is 675. The molecule has 6 heteroatoms. The third-order valence-corrected chi connectivity index (χ3v) is 6.41. The first-order valence-electron chi connectivity index (χ1n) is 7.03. The highest BCUT2D eigenvalue weighted by Crippen LogP contribution is 2.41. The third kappa shape index (κ3) is 3.03. The van der Waals surface area contributed by atoms with Crippen molar-refractivity contribution in [3.8, 4) is 0 Å². The maximum absolute atomic E-state index is 6.33. The van der Waals surface area contributed by atoms with Crippen LogP contribution in [0.2, 0.25) is 10.0 Å². The lowest BCUT2D eigenvalue weighted by Crippen LogP contribution is -2.25. The first-order valence-corrected chi connectivity index (χ1v) is 9.21. The number of rotatable bonds is 3. The molecule has 2 atom stereocenters. The van der Waals surface area contributed by atoms with Crippen molar-refractivity contribution in [3.05, 3.63) is 28.0 Å². The van der Waals surface area contributed by atoms with Crippen LogP contribution in [0.3, 0.4) is 0 Å². The van der Waals surface area contributed by atoms with E-state index in [9.17, 15) is 0 Å². The molecule has 0 radical (unpaired) electrons. The van der Waals surface area contributed by atoms with Gasteiger partial charge in [-0.25, -0.2) is 4.98 Å². The van der Waals surface area contributed by atoms with E-state index in [0.29, 0.717) is 10.0 Å². The molecule has 2 heterocycles. The average Bonchev–Trinajstić information content (AvgIpc) is 2.97. The molecule has 114 valence electrons. The van der Waals surface area contributed by atoms with Gasteiger partial charge >= 0.3 is 0 Å². The summed E-state index contributed by atoms with van der Waals surface area (Å²) in [4.78, 5) is 4.67. The number of hydrogen-bond donors (Lipinski definition) is 0. The summed E-state index contributed by atoms with van der Waals surface area (Å²) in [6, 6.07) is 3.72. The SMILES string of the molecule is CC(Cl)c1nc2cc(Cl)c(Cl)cc2n1CC1(C)CCCS1. The summed E-state index contributed by atoms with van der Waals surface area (Å²) in [6.45, 7) is 5.17. The van der Waals surface area contributed by atoms with Crippen LogP contribution in [0.1, 0.15) is 37.9 Å². The first kappa shape index (κ1) is 15.8. The molecule has 1 aliphatic rings. The molecular weight excluding hydrogens is 347 g/mol. The van der Waals surface area contributed by atoms with Gasteiger partial charge in [-0.1, -0.05) is 23.2 Å². The van der Waals surface area contributed by atoms with Gasteiger partial charge in [-0.2, -0.15) is 11.8 Å². The fraction of sp³-hybridized carbons (Fsp3) is 0.533. The number of fused-ring (bicyclic) bond motifs is 1. The van der Waals surface area contributed by atoms with E-state index in [2.05, 4.69) is 16.5 Å². The van der Waals surface area contributed by atoms with E-state index < -0.39 is 0 Å². The quantitative estimate of drug-likeness (QED) is 0.629. The monoisotopic (exact) mass is 362 g/mol. The van der Waals surface area contributed by atoms with Gasteiger partial charge in [0.2, 0.25) is 0 Å². The lowest BCUT2D eigenvalue weighted by Gasteiger charge is -2.25. The van der Waals surface area contributed by atoms with Gasteiger partial charge in [-0.3, -0.25) is 0 Å². The predicted octanol–water partition coefficient (Wildman–Crippen LogP) is 5.93. The van der Waals surface area contributed by atoms with Gasteiger partial charge in [0.15, 0.2) is 0 Å². The second-order valence-corrected chi connectivity index (χ2v) is 8.98. The Morgan fingerprint density at radius 3 is 2.71 bits per heavy atom. The first-order chi connectivity index (χ1) is 9.89. The minimum atomic E-state index is -0.148. The van der Waals surface area contributed by atoms with Crippen molar-refractivity contribution in [3.63, 3.8) is 0 Å². The van der Waals surface area contributed by atoms with E-state index in [1.165, 1.54) is 18.6 Å². The molecule has 2 nitrogen and oxygen atoms in total. The van der Waals surface area contributed by atoms with Crippen LogP contribution in [0.4, 0.5) is 0 Å². The molecule has 2 unspecified atom stereocenters. The number of nitrogens with zero attached hydrogens (tertiary/aromatic N) is 2. The molecule has 1 aliphatic heterocycles. The molecule has 21 heavy (non-hydrogen) atoms. The maximum atomic E-state index is 6.33. The summed E-state index contributed by atoms with van der Waals surface area (Å²) in [5.41, 5.74) is 1.87.